The quantitative estimate of drug-likeness (QED) is 0.0269. The van der Waals surface area contributed by atoms with Gasteiger partial charge in [0.05, 0.1) is 17.1 Å². The number of likely N-dealkylation sites (tertiary alicyclic amines) is 1. The molecule has 0 bridgehead atoms. The van der Waals surface area contributed by atoms with Crippen LogP contribution >= 0.6 is 0 Å². The number of terminal acetylenes is 1. The van der Waals surface area contributed by atoms with E-state index in [1.165, 1.54) is 34.9 Å². The summed E-state index contributed by atoms with van der Waals surface area (Å²) in [5.74, 6) is -4.16. The lowest BCUT2D eigenvalue weighted by Crippen LogP contribution is -2.59. The summed E-state index contributed by atoms with van der Waals surface area (Å²) in [6, 6.07) is 10.2. The van der Waals surface area contributed by atoms with Gasteiger partial charge in [-0.05, 0) is 114 Å². The summed E-state index contributed by atoms with van der Waals surface area (Å²) in [5, 5.41) is 5.61. The van der Waals surface area contributed by atoms with Crippen molar-refractivity contribution in [3.05, 3.63) is 72.3 Å². The summed E-state index contributed by atoms with van der Waals surface area (Å²) in [5.41, 5.74) is 1.85. The van der Waals surface area contributed by atoms with Crippen LogP contribution in [-0.2, 0) is 57.2 Å². The zero-order valence-corrected chi connectivity index (χ0v) is 51.5. The molecule has 0 aromatic heterocycles. The summed E-state index contributed by atoms with van der Waals surface area (Å²) in [4.78, 5) is 118. The van der Waals surface area contributed by atoms with Crippen molar-refractivity contribution in [1.29, 1.82) is 0 Å². The highest BCUT2D eigenvalue weighted by atomic mass is 16.6. The number of likely N-dealkylation sites (N-methyl/N-ethyl adjacent to an activating group) is 2. The number of nitrogens with one attached hydrogen (secondary N) is 2. The fraction of sp³-hybridized carbons (Fsp3) is 0.625. The van der Waals surface area contributed by atoms with Gasteiger partial charge in [-0.2, -0.15) is 0 Å². The maximum absolute atomic E-state index is 14.8. The number of unbranched alkanes of at least 4 members (excludes halogenated alkanes) is 1. The van der Waals surface area contributed by atoms with Crippen molar-refractivity contribution in [3.8, 4) is 23.5 Å². The molecular weight excluding hydrogens is 1050 g/mol. The normalized spacial score (nSPS) is 17.1. The predicted octanol–water partition coefficient (Wildman–Crippen LogP) is 8.62. The summed E-state index contributed by atoms with van der Waals surface area (Å²) in [6.45, 7) is 28.1. The molecule has 0 spiro atoms. The van der Waals surface area contributed by atoms with Crippen molar-refractivity contribution in [2.45, 2.75) is 195 Å². The van der Waals surface area contributed by atoms with Crippen LogP contribution in [0.1, 0.15) is 153 Å². The Kier molecular flexibility index (Phi) is 24.8. The number of alkyl carbamates (subject to hydrolysis) is 1. The number of esters is 3. The van der Waals surface area contributed by atoms with Crippen molar-refractivity contribution in [2.75, 3.05) is 33.9 Å². The van der Waals surface area contributed by atoms with Gasteiger partial charge in [-0.3, -0.25) is 19.2 Å². The Morgan fingerprint density at radius 3 is 1.87 bits per heavy atom. The molecule has 2 N–H and O–H groups in total. The molecule has 0 radical (unpaired) electrons. The maximum atomic E-state index is 14.8. The first-order valence-corrected chi connectivity index (χ1v) is 29.0. The standard InChI is InChI=1S/C64H93N5O13/c1-19-22-23-34-49(80-58(73)51(42(11)82-63(12,13)14)66-62(77)79-37-47-45-31-26-24-29-43(45)44-30-25-27-32-46(44)47)64(15,16)61(76)65-50(38(4)5)56(71)68(18)53(40(8)9)60(75)81-54(41(10)21-3)57(72)69-35-28-33-48(69)55(70)67(17)52(39(6)7)59(74)78-36-20-2/h1,20,24-27,29-32,38-42,47-54H,2,21-23,28,33-37H2,3-18H3,(H,65,76)(H,66,77)/t41-,42+,48-,49-,50-,51-,52-,53-,54+/m0/s1. The van der Waals surface area contributed by atoms with Crippen LogP contribution in [-0.4, -0.2) is 150 Å². The Labute approximate surface area is 487 Å². The molecule has 452 valence electrons. The van der Waals surface area contributed by atoms with Gasteiger partial charge in [-0.25, -0.2) is 19.2 Å². The first-order chi connectivity index (χ1) is 38.4. The van der Waals surface area contributed by atoms with E-state index in [1.807, 2.05) is 76.2 Å². The number of benzene rings is 2. The lowest BCUT2D eigenvalue weighted by atomic mass is 9.82. The van der Waals surface area contributed by atoms with Crippen molar-refractivity contribution in [2.24, 2.45) is 29.1 Å². The Balaban J connectivity index is 1.55. The Bertz CT molecular complexity index is 2570. The largest absolute Gasteiger partial charge is 0.460 e. The van der Waals surface area contributed by atoms with Crippen molar-refractivity contribution in [3.63, 3.8) is 0 Å². The highest BCUT2D eigenvalue weighted by Gasteiger charge is 2.47. The number of fused-ring (bicyclic) bond motifs is 3. The minimum Gasteiger partial charge on any atom is -0.460 e. The zero-order chi connectivity index (χ0) is 61.6. The molecule has 2 aromatic rings. The minimum absolute atomic E-state index is 0.0139. The fourth-order valence-electron chi connectivity index (χ4n) is 10.9. The third kappa shape index (κ3) is 16.9. The lowest BCUT2D eigenvalue weighted by molar-refractivity contribution is -0.172. The third-order valence-electron chi connectivity index (χ3n) is 15.6. The molecular formula is C64H93N5O13. The van der Waals surface area contributed by atoms with Gasteiger partial charge in [-0.1, -0.05) is 117 Å². The number of carbonyl (C=O) groups is 8. The summed E-state index contributed by atoms with van der Waals surface area (Å²) in [6.07, 6.45) is 4.85. The first kappa shape index (κ1) is 67.8. The molecule has 0 unspecified atom stereocenters. The van der Waals surface area contributed by atoms with Crippen LogP contribution in [0.5, 0.6) is 0 Å². The lowest BCUT2D eigenvalue weighted by Gasteiger charge is -2.38. The Hall–Kier alpha value is -6.74. The van der Waals surface area contributed by atoms with E-state index in [0.29, 0.717) is 32.1 Å². The number of amides is 5. The maximum Gasteiger partial charge on any atom is 0.407 e. The molecule has 1 aliphatic carbocycles. The smallest absolute Gasteiger partial charge is 0.407 e. The SMILES string of the molecule is C#CCCC[C@H](OC(=O)[C@@H](NC(=O)OCC1c2ccccc2-c2ccccc21)[C@@H](C)OC(C)(C)C)C(C)(C)C(=O)N[C@H](C(=O)N(C)[C@H](C(=O)O[C@@H](C(=O)N1CCC[C@H]1C(=O)N(C)[C@H](C(=O)OCC=C)C(C)C)[C@@H](C)CC)C(C)C)C(C)C. The Morgan fingerprint density at radius 2 is 1.34 bits per heavy atom. The van der Waals surface area contributed by atoms with Crippen LogP contribution in [0, 0.1) is 41.4 Å². The summed E-state index contributed by atoms with van der Waals surface area (Å²) < 4.78 is 29.8. The highest BCUT2D eigenvalue weighted by Crippen LogP contribution is 2.44. The van der Waals surface area contributed by atoms with Crippen molar-refractivity contribution >= 4 is 47.6 Å². The molecule has 1 aliphatic heterocycles. The molecule has 1 saturated heterocycles. The second kappa shape index (κ2) is 30.0. The van der Waals surface area contributed by atoms with E-state index in [9.17, 15) is 38.4 Å². The van der Waals surface area contributed by atoms with Crippen LogP contribution in [0.25, 0.3) is 11.1 Å². The number of ether oxygens (including phenoxy) is 5. The van der Waals surface area contributed by atoms with Crippen LogP contribution in [0.3, 0.4) is 0 Å². The van der Waals surface area contributed by atoms with Crippen LogP contribution in [0.15, 0.2) is 61.2 Å². The number of rotatable bonds is 28. The van der Waals surface area contributed by atoms with Crippen LogP contribution < -0.4 is 10.6 Å². The molecule has 18 heteroatoms. The van der Waals surface area contributed by atoms with Gasteiger partial charge >= 0.3 is 24.0 Å². The minimum atomic E-state index is -1.52. The first-order valence-electron chi connectivity index (χ1n) is 29.0. The van der Waals surface area contributed by atoms with E-state index in [0.717, 1.165) is 22.3 Å². The second-order valence-corrected chi connectivity index (χ2v) is 24.4. The molecule has 1 fully saturated rings. The third-order valence-corrected chi connectivity index (χ3v) is 15.6. The van der Waals surface area contributed by atoms with Crippen LogP contribution in [0.2, 0.25) is 0 Å². The topological polar surface area (TPSA) is 216 Å². The van der Waals surface area contributed by atoms with E-state index in [1.54, 1.807) is 69.2 Å². The van der Waals surface area contributed by atoms with Gasteiger partial charge in [0.1, 0.15) is 43.5 Å². The molecule has 2 aromatic carbocycles. The van der Waals surface area contributed by atoms with E-state index >= 15 is 0 Å². The molecule has 9 atom stereocenters. The molecule has 1 heterocycles. The number of carbonyl (C=O) groups excluding carboxylic acids is 8. The molecule has 18 nitrogen and oxygen atoms in total. The highest BCUT2D eigenvalue weighted by molar-refractivity contribution is 5.95. The van der Waals surface area contributed by atoms with Gasteiger partial charge in [0.15, 0.2) is 12.1 Å². The number of hydrogen-bond donors (Lipinski definition) is 2. The van der Waals surface area contributed by atoms with Crippen LogP contribution in [0.4, 0.5) is 4.79 Å². The number of hydrogen-bond acceptors (Lipinski definition) is 13. The summed E-state index contributed by atoms with van der Waals surface area (Å²) >= 11 is 0. The van der Waals surface area contributed by atoms with Crippen molar-refractivity contribution < 1.29 is 62.0 Å². The fourth-order valence-corrected chi connectivity index (χ4v) is 10.9. The molecule has 0 saturated carbocycles. The average molecular weight is 1140 g/mol. The van der Waals surface area contributed by atoms with E-state index in [-0.39, 0.29) is 38.0 Å². The molecule has 4 rings (SSSR count). The molecule has 5 amide bonds. The predicted molar refractivity (Wildman–Crippen MR) is 313 cm³/mol. The van der Waals surface area contributed by atoms with Crippen molar-refractivity contribution in [1.82, 2.24) is 25.3 Å². The molecule has 82 heavy (non-hydrogen) atoms. The van der Waals surface area contributed by atoms with Gasteiger partial charge in [0.25, 0.3) is 5.91 Å². The van der Waals surface area contributed by atoms with Gasteiger partial charge in [0.2, 0.25) is 17.7 Å². The molecule has 2 aliphatic rings. The average Bonchev–Trinajstić information content (AvgIpc) is 4.22. The van der Waals surface area contributed by atoms with Gasteiger partial charge < -0.3 is 49.0 Å². The Morgan fingerprint density at radius 1 is 0.768 bits per heavy atom. The van der Waals surface area contributed by atoms with E-state index in [2.05, 4.69) is 23.1 Å². The monoisotopic (exact) mass is 1140 g/mol. The summed E-state index contributed by atoms with van der Waals surface area (Å²) in [7, 11) is 2.95. The zero-order valence-electron chi connectivity index (χ0n) is 51.5. The van der Waals surface area contributed by atoms with E-state index in [4.69, 9.17) is 30.1 Å². The van der Waals surface area contributed by atoms with Gasteiger partial charge in [-0.15, -0.1) is 12.3 Å². The number of nitrogens with zero attached hydrogens (tertiary/aromatic N) is 3. The van der Waals surface area contributed by atoms with E-state index < -0.39 is 125 Å². The van der Waals surface area contributed by atoms with Gasteiger partial charge in [0, 0.05) is 38.9 Å². The second-order valence-electron chi connectivity index (χ2n) is 24.4.